The minimum absolute atomic E-state index is 0.126. The van der Waals surface area contributed by atoms with E-state index in [9.17, 15) is 13.2 Å². The fraction of sp³-hybridized carbons (Fsp3) is 0.524. The molecule has 162 valence electrons. The first kappa shape index (κ1) is 22.3. The molecule has 8 nitrogen and oxygen atoms in total. The average molecular weight is 435 g/mol. The summed E-state index contributed by atoms with van der Waals surface area (Å²) in [5, 5.41) is 13.0. The molecule has 2 aliphatic rings. The number of rotatable bonds is 6. The zero-order chi connectivity index (χ0) is 21.9. The van der Waals surface area contributed by atoms with Crippen LogP contribution in [0.1, 0.15) is 43.7 Å². The predicted octanol–water partition coefficient (Wildman–Crippen LogP) is 1.65. The van der Waals surface area contributed by atoms with Gasteiger partial charge < -0.3 is 9.57 Å². The maximum atomic E-state index is 12.1. The van der Waals surface area contributed by atoms with Crippen LogP contribution in [0.4, 0.5) is 0 Å². The van der Waals surface area contributed by atoms with Crippen LogP contribution < -0.4 is 5.48 Å². The zero-order valence-corrected chi connectivity index (χ0v) is 18.0. The molecule has 0 radical (unpaired) electrons. The Kier molecular flexibility index (Phi) is 6.50. The van der Waals surface area contributed by atoms with Crippen molar-refractivity contribution in [3.8, 4) is 11.8 Å². The second kappa shape index (κ2) is 8.76. The minimum atomic E-state index is -3.79. The van der Waals surface area contributed by atoms with Crippen molar-refractivity contribution in [3.05, 3.63) is 35.4 Å². The van der Waals surface area contributed by atoms with E-state index in [1.54, 1.807) is 7.11 Å². The van der Waals surface area contributed by atoms with E-state index in [2.05, 4.69) is 17.0 Å². The smallest absolute Gasteiger partial charge is 0.264 e. The average Bonchev–Trinajstić information content (AvgIpc) is 3.14. The van der Waals surface area contributed by atoms with Crippen LogP contribution in [0.2, 0.25) is 0 Å². The minimum Gasteiger partial charge on any atom is -0.392 e. The van der Waals surface area contributed by atoms with Gasteiger partial charge in [-0.05, 0) is 37.5 Å². The Morgan fingerprint density at radius 1 is 1.37 bits per heavy atom. The van der Waals surface area contributed by atoms with Crippen molar-refractivity contribution in [2.45, 2.75) is 49.6 Å². The number of hydrogen-bond donors (Lipinski definition) is 2. The maximum absolute atomic E-state index is 12.1. The number of nitrogens with zero attached hydrogens (tertiary/aromatic N) is 1. The lowest BCUT2D eigenvalue weighted by atomic mass is 9.83. The summed E-state index contributed by atoms with van der Waals surface area (Å²) in [7, 11) is -2.07. The van der Waals surface area contributed by atoms with E-state index in [-0.39, 0.29) is 6.42 Å². The summed E-state index contributed by atoms with van der Waals surface area (Å²) in [4.78, 5) is 17.4. The highest BCUT2D eigenvalue weighted by Gasteiger charge is 2.47. The van der Waals surface area contributed by atoms with Gasteiger partial charge in [-0.15, -0.1) is 0 Å². The Hall–Kier alpha value is -2.41. The summed E-state index contributed by atoms with van der Waals surface area (Å²) in [5.74, 6) is 5.81. The molecular weight excluding hydrogens is 408 g/mol. The van der Waals surface area contributed by atoms with Crippen LogP contribution in [0.5, 0.6) is 0 Å². The Morgan fingerprint density at radius 2 is 2.03 bits per heavy atom. The topological polar surface area (TPSA) is 114 Å². The molecule has 30 heavy (non-hydrogen) atoms. The third-order valence-corrected chi connectivity index (χ3v) is 7.81. The van der Waals surface area contributed by atoms with Gasteiger partial charge in [0.15, 0.2) is 14.6 Å². The van der Waals surface area contributed by atoms with Crippen LogP contribution in [-0.2, 0) is 24.2 Å². The fourth-order valence-corrected chi connectivity index (χ4v) is 4.35. The zero-order valence-electron chi connectivity index (χ0n) is 17.2. The van der Waals surface area contributed by atoms with Gasteiger partial charge in [-0.25, -0.2) is 13.9 Å². The summed E-state index contributed by atoms with van der Waals surface area (Å²) in [5.41, 5.74) is 3.86. The quantitative estimate of drug-likeness (QED) is 0.400. The molecule has 1 fully saturated rings. The third-order valence-electron chi connectivity index (χ3n) is 5.82. The SMILES string of the molecule is COC1CC(C#Cc2ccc(C3=NOC(CC(C)(C(=O)NO)S(C)(=O)=O)C3)cc2)C1. The highest BCUT2D eigenvalue weighted by Crippen LogP contribution is 2.30. The van der Waals surface area contributed by atoms with E-state index in [1.807, 2.05) is 24.3 Å². The second-order valence-corrected chi connectivity index (χ2v) is 10.4. The number of nitrogens with one attached hydrogen (secondary N) is 1. The van der Waals surface area contributed by atoms with Gasteiger partial charge in [0.1, 0.15) is 6.10 Å². The van der Waals surface area contributed by atoms with Gasteiger partial charge in [-0.2, -0.15) is 0 Å². The van der Waals surface area contributed by atoms with Crippen molar-refractivity contribution >= 4 is 21.5 Å². The molecule has 0 saturated heterocycles. The summed E-state index contributed by atoms with van der Waals surface area (Å²) >= 11 is 0. The number of hydrogen-bond acceptors (Lipinski definition) is 7. The van der Waals surface area contributed by atoms with Gasteiger partial charge in [-0.1, -0.05) is 29.1 Å². The molecule has 0 spiro atoms. The van der Waals surface area contributed by atoms with Crippen LogP contribution in [0, 0.1) is 17.8 Å². The summed E-state index contributed by atoms with van der Waals surface area (Å²) in [6.07, 6.45) is 2.86. The Morgan fingerprint density at radius 3 is 2.60 bits per heavy atom. The molecule has 1 aromatic carbocycles. The van der Waals surface area contributed by atoms with Crippen LogP contribution in [-0.4, -0.2) is 55.6 Å². The number of ether oxygens (including phenoxy) is 1. The van der Waals surface area contributed by atoms with E-state index in [4.69, 9.17) is 14.8 Å². The third kappa shape index (κ3) is 4.67. The van der Waals surface area contributed by atoms with Gasteiger partial charge in [0.25, 0.3) is 5.91 Å². The van der Waals surface area contributed by atoms with E-state index < -0.39 is 26.6 Å². The molecule has 0 aromatic heterocycles. The van der Waals surface area contributed by atoms with E-state index in [0.717, 1.165) is 30.2 Å². The molecule has 9 heteroatoms. The lowest BCUT2D eigenvalue weighted by Gasteiger charge is -2.30. The number of sulfone groups is 1. The monoisotopic (exact) mass is 434 g/mol. The van der Waals surface area contributed by atoms with Gasteiger partial charge in [-0.3, -0.25) is 10.0 Å². The Labute approximate surface area is 176 Å². The first-order valence-corrected chi connectivity index (χ1v) is 11.6. The Bertz CT molecular complexity index is 987. The molecule has 1 heterocycles. The molecule has 2 N–H and O–H groups in total. The molecular formula is C21H26N2O6S. The lowest BCUT2D eigenvalue weighted by molar-refractivity contribution is -0.132. The summed E-state index contributed by atoms with van der Waals surface area (Å²) in [6, 6.07) is 7.60. The Balaban J connectivity index is 1.61. The van der Waals surface area contributed by atoms with Crippen molar-refractivity contribution in [1.82, 2.24) is 5.48 Å². The van der Waals surface area contributed by atoms with E-state index in [0.29, 0.717) is 24.2 Å². The number of amides is 1. The van der Waals surface area contributed by atoms with Crippen molar-refractivity contribution in [1.29, 1.82) is 0 Å². The van der Waals surface area contributed by atoms with Gasteiger partial charge >= 0.3 is 0 Å². The second-order valence-electron chi connectivity index (χ2n) is 7.99. The largest absolute Gasteiger partial charge is 0.392 e. The molecule has 1 aromatic rings. The van der Waals surface area contributed by atoms with Gasteiger partial charge in [0, 0.05) is 37.7 Å². The molecule has 1 aliphatic heterocycles. The van der Waals surface area contributed by atoms with Crippen molar-refractivity contribution in [3.63, 3.8) is 0 Å². The molecule has 1 aliphatic carbocycles. The number of carbonyl (C=O) groups is 1. The number of carbonyl (C=O) groups excluding carboxylic acids is 1. The molecule has 1 amide bonds. The number of hydroxylamine groups is 1. The van der Waals surface area contributed by atoms with Crippen LogP contribution in [0.15, 0.2) is 29.4 Å². The summed E-state index contributed by atoms with van der Waals surface area (Å²) < 4.78 is 27.7. The van der Waals surface area contributed by atoms with Crippen LogP contribution in [0.3, 0.4) is 0 Å². The predicted molar refractivity (Wildman–Crippen MR) is 111 cm³/mol. The standard InChI is InChI=1S/C21H26N2O6S/c1-21(20(24)22-25,30(3,26)27)13-18-12-19(23-29-18)16-8-6-14(7-9-16)4-5-15-10-17(11-15)28-2/h6-9,15,17-18,25H,10-13H2,1-3H3,(H,22,24). The lowest BCUT2D eigenvalue weighted by Crippen LogP contribution is -2.51. The number of benzene rings is 1. The maximum Gasteiger partial charge on any atom is 0.264 e. The first-order valence-electron chi connectivity index (χ1n) is 9.68. The van der Waals surface area contributed by atoms with E-state index >= 15 is 0 Å². The molecule has 2 unspecified atom stereocenters. The fourth-order valence-electron chi connectivity index (χ4n) is 3.48. The molecule has 1 saturated carbocycles. The number of methoxy groups -OCH3 is 1. The van der Waals surface area contributed by atoms with Crippen LogP contribution >= 0.6 is 0 Å². The highest BCUT2D eigenvalue weighted by molar-refractivity contribution is 7.92. The highest BCUT2D eigenvalue weighted by atomic mass is 32.2. The van der Waals surface area contributed by atoms with Gasteiger partial charge in [0.2, 0.25) is 0 Å². The summed E-state index contributed by atoms with van der Waals surface area (Å²) in [6.45, 7) is 1.26. The molecule has 0 bridgehead atoms. The molecule has 2 atom stereocenters. The number of oxime groups is 1. The molecule has 3 rings (SSSR count). The van der Waals surface area contributed by atoms with Crippen molar-refractivity contribution in [2.75, 3.05) is 13.4 Å². The van der Waals surface area contributed by atoms with E-state index in [1.165, 1.54) is 12.4 Å². The van der Waals surface area contributed by atoms with Crippen LogP contribution in [0.25, 0.3) is 0 Å². The van der Waals surface area contributed by atoms with Crippen molar-refractivity contribution in [2.24, 2.45) is 11.1 Å². The normalized spacial score (nSPS) is 25.1. The van der Waals surface area contributed by atoms with Crippen molar-refractivity contribution < 1.29 is 28.0 Å². The first-order chi connectivity index (χ1) is 14.2. The van der Waals surface area contributed by atoms with Gasteiger partial charge in [0.05, 0.1) is 11.8 Å².